The molecule has 0 aliphatic rings. The highest BCUT2D eigenvalue weighted by Gasteiger charge is 2.17. The lowest BCUT2D eigenvalue weighted by molar-refractivity contribution is 0.0257. The van der Waals surface area contributed by atoms with Crippen LogP contribution in [-0.4, -0.2) is 31.8 Å². The van der Waals surface area contributed by atoms with Gasteiger partial charge in [0.25, 0.3) is 0 Å². The predicted molar refractivity (Wildman–Crippen MR) is 86.6 cm³/mol. The Hall–Kier alpha value is -1.59. The molecule has 0 heterocycles. The average molecular weight is 293 g/mol. The average Bonchev–Trinajstić information content (AvgIpc) is 2.46. The molecule has 1 unspecified atom stereocenters. The molecule has 2 amide bonds. The summed E-state index contributed by atoms with van der Waals surface area (Å²) in [5.41, 5.74) is 1.60. The van der Waals surface area contributed by atoms with E-state index < -0.39 is 0 Å². The topological polar surface area (TPSA) is 62.4 Å². The number of carbonyl (C=O) groups is 1. The molecule has 0 saturated carbocycles. The third kappa shape index (κ3) is 6.14. The first kappa shape index (κ1) is 17.5. The van der Waals surface area contributed by atoms with Crippen molar-refractivity contribution in [2.45, 2.75) is 39.3 Å². The zero-order valence-electron chi connectivity index (χ0n) is 13.6. The number of rotatable bonds is 7. The van der Waals surface area contributed by atoms with Gasteiger partial charge in [-0.1, -0.05) is 19.1 Å². The van der Waals surface area contributed by atoms with E-state index in [1.807, 2.05) is 38.1 Å². The van der Waals surface area contributed by atoms with Gasteiger partial charge >= 0.3 is 6.03 Å². The van der Waals surface area contributed by atoms with Crippen LogP contribution in [0, 0.1) is 0 Å². The van der Waals surface area contributed by atoms with Crippen LogP contribution in [0.4, 0.5) is 10.5 Å². The molecule has 5 nitrogen and oxygen atoms in total. The van der Waals surface area contributed by atoms with Gasteiger partial charge in [-0.25, -0.2) is 4.79 Å². The fraction of sp³-hybridized carbons (Fsp3) is 0.562. The van der Waals surface area contributed by atoms with Crippen molar-refractivity contribution in [1.82, 2.24) is 10.6 Å². The van der Waals surface area contributed by atoms with Gasteiger partial charge in [-0.15, -0.1) is 0 Å². The van der Waals surface area contributed by atoms with Crippen molar-refractivity contribution in [1.29, 1.82) is 0 Å². The molecular weight excluding hydrogens is 266 g/mol. The molecule has 118 valence electrons. The molecule has 0 aromatic heterocycles. The van der Waals surface area contributed by atoms with Crippen LogP contribution in [0.15, 0.2) is 24.3 Å². The Balaban J connectivity index is 2.50. The number of carbonyl (C=O) groups excluding carboxylic acids is 1. The van der Waals surface area contributed by atoms with Gasteiger partial charge in [-0.2, -0.15) is 0 Å². The Morgan fingerprint density at radius 1 is 1.29 bits per heavy atom. The van der Waals surface area contributed by atoms with Gasteiger partial charge in [0.2, 0.25) is 0 Å². The maximum absolute atomic E-state index is 11.8. The quantitative estimate of drug-likeness (QED) is 0.724. The molecule has 0 radical (unpaired) electrons. The predicted octanol–water partition coefficient (Wildman–Crippen LogP) is 2.90. The molecule has 0 aliphatic heterocycles. The summed E-state index contributed by atoms with van der Waals surface area (Å²) in [7, 11) is 1.63. The highest BCUT2D eigenvalue weighted by molar-refractivity contribution is 5.89. The maximum atomic E-state index is 11.8. The van der Waals surface area contributed by atoms with Crippen LogP contribution in [0.3, 0.4) is 0 Å². The van der Waals surface area contributed by atoms with Crippen molar-refractivity contribution < 1.29 is 9.53 Å². The van der Waals surface area contributed by atoms with E-state index in [0.29, 0.717) is 12.6 Å². The fourth-order valence-corrected chi connectivity index (χ4v) is 1.82. The number of amides is 2. The van der Waals surface area contributed by atoms with Crippen molar-refractivity contribution in [3.63, 3.8) is 0 Å². The maximum Gasteiger partial charge on any atom is 0.319 e. The first-order chi connectivity index (χ1) is 9.88. The SMILES string of the molecule is CCNC(C)c1ccc(NC(=O)NCC(C)(C)OC)cc1. The second kappa shape index (κ2) is 8.00. The molecule has 1 aromatic rings. The fourth-order valence-electron chi connectivity index (χ4n) is 1.82. The van der Waals surface area contributed by atoms with E-state index in [1.54, 1.807) is 7.11 Å². The minimum Gasteiger partial charge on any atom is -0.377 e. The van der Waals surface area contributed by atoms with Gasteiger partial charge in [0.15, 0.2) is 0 Å². The number of anilines is 1. The van der Waals surface area contributed by atoms with Crippen LogP contribution in [0.2, 0.25) is 0 Å². The minimum atomic E-state index is -0.373. The van der Waals surface area contributed by atoms with Crippen molar-refractivity contribution >= 4 is 11.7 Å². The van der Waals surface area contributed by atoms with Gasteiger partial charge in [0, 0.05) is 25.4 Å². The molecular formula is C16H27N3O2. The lowest BCUT2D eigenvalue weighted by Gasteiger charge is -2.23. The number of ether oxygens (including phenoxy) is 1. The molecule has 0 aliphatic carbocycles. The molecule has 21 heavy (non-hydrogen) atoms. The highest BCUT2D eigenvalue weighted by atomic mass is 16.5. The second-order valence-corrected chi connectivity index (χ2v) is 5.67. The summed E-state index contributed by atoms with van der Waals surface area (Å²) in [4.78, 5) is 11.8. The van der Waals surface area contributed by atoms with Crippen molar-refractivity contribution in [2.75, 3.05) is 25.5 Å². The van der Waals surface area contributed by atoms with E-state index in [9.17, 15) is 4.79 Å². The minimum absolute atomic E-state index is 0.229. The molecule has 1 atom stereocenters. The number of benzene rings is 1. The third-order valence-electron chi connectivity index (χ3n) is 3.41. The lowest BCUT2D eigenvalue weighted by Crippen LogP contribution is -2.41. The van der Waals surface area contributed by atoms with E-state index >= 15 is 0 Å². The highest BCUT2D eigenvalue weighted by Crippen LogP contribution is 2.15. The molecule has 1 rings (SSSR count). The van der Waals surface area contributed by atoms with Crippen LogP contribution in [-0.2, 0) is 4.74 Å². The molecule has 1 aromatic carbocycles. The second-order valence-electron chi connectivity index (χ2n) is 5.67. The normalized spacial score (nSPS) is 12.8. The third-order valence-corrected chi connectivity index (χ3v) is 3.41. The van der Waals surface area contributed by atoms with Gasteiger partial charge < -0.3 is 20.7 Å². The molecule has 0 fully saturated rings. The number of urea groups is 1. The van der Waals surface area contributed by atoms with Crippen molar-refractivity contribution in [2.24, 2.45) is 0 Å². The summed E-state index contributed by atoms with van der Waals surface area (Å²) >= 11 is 0. The monoisotopic (exact) mass is 293 g/mol. The first-order valence-corrected chi connectivity index (χ1v) is 7.31. The zero-order chi connectivity index (χ0) is 15.9. The van der Waals surface area contributed by atoms with E-state index in [4.69, 9.17) is 4.74 Å². The van der Waals surface area contributed by atoms with Crippen LogP contribution in [0.25, 0.3) is 0 Å². The number of methoxy groups -OCH3 is 1. The Labute approximate surface area is 127 Å². The Morgan fingerprint density at radius 2 is 1.90 bits per heavy atom. The first-order valence-electron chi connectivity index (χ1n) is 7.31. The van der Waals surface area contributed by atoms with E-state index in [0.717, 1.165) is 12.2 Å². The van der Waals surface area contributed by atoms with E-state index in [2.05, 4.69) is 29.8 Å². The zero-order valence-corrected chi connectivity index (χ0v) is 13.6. The van der Waals surface area contributed by atoms with E-state index in [1.165, 1.54) is 5.56 Å². The van der Waals surface area contributed by atoms with Crippen molar-refractivity contribution in [3.8, 4) is 0 Å². The van der Waals surface area contributed by atoms with E-state index in [-0.39, 0.29) is 11.6 Å². The van der Waals surface area contributed by atoms with Crippen LogP contribution in [0.5, 0.6) is 0 Å². The molecule has 0 bridgehead atoms. The summed E-state index contributed by atoms with van der Waals surface area (Å²) in [6.45, 7) is 9.42. The molecule has 0 saturated heterocycles. The number of nitrogens with one attached hydrogen (secondary N) is 3. The van der Waals surface area contributed by atoms with Gasteiger partial charge in [-0.05, 0) is 45.0 Å². The summed E-state index contributed by atoms with van der Waals surface area (Å²) in [5.74, 6) is 0. The summed E-state index contributed by atoms with van der Waals surface area (Å²) in [6, 6.07) is 7.92. The van der Waals surface area contributed by atoms with Crippen LogP contribution < -0.4 is 16.0 Å². The summed E-state index contributed by atoms with van der Waals surface area (Å²) in [5, 5.41) is 8.96. The van der Waals surface area contributed by atoms with Gasteiger partial charge in [-0.3, -0.25) is 0 Å². The van der Waals surface area contributed by atoms with Gasteiger partial charge in [0.05, 0.1) is 5.60 Å². The van der Waals surface area contributed by atoms with Gasteiger partial charge in [0.1, 0.15) is 0 Å². The standard InChI is InChI=1S/C16H27N3O2/c1-6-17-12(2)13-7-9-14(10-8-13)19-15(20)18-11-16(3,4)21-5/h7-10,12,17H,6,11H2,1-5H3,(H2,18,19,20). The number of hydrogen-bond acceptors (Lipinski definition) is 3. The molecule has 3 N–H and O–H groups in total. The Morgan fingerprint density at radius 3 is 2.43 bits per heavy atom. The van der Waals surface area contributed by atoms with Crippen LogP contribution >= 0.6 is 0 Å². The summed E-state index contributed by atoms with van der Waals surface area (Å²) < 4.78 is 5.25. The number of hydrogen-bond donors (Lipinski definition) is 3. The van der Waals surface area contributed by atoms with Crippen LogP contribution in [0.1, 0.15) is 39.3 Å². The van der Waals surface area contributed by atoms with Crippen molar-refractivity contribution in [3.05, 3.63) is 29.8 Å². The smallest absolute Gasteiger partial charge is 0.319 e. The largest absolute Gasteiger partial charge is 0.377 e. The summed E-state index contributed by atoms with van der Waals surface area (Å²) in [6.07, 6.45) is 0. The Bertz CT molecular complexity index is 443. The molecule has 5 heteroatoms. The lowest BCUT2D eigenvalue weighted by atomic mass is 10.1. The molecule has 0 spiro atoms. The Kier molecular flexibility index (Phi) is 6.65.